The normalized spacial score (nSPS) is 16.1. The lowest BCUT2D eigenvalue weighted by atomic mass is 9.85. The van der Waals surface area contributed by atoms with Crippen LogP contribution in [0.3, 0.4) is 0 Å². The van der Waals surface area contributed by atoms with Gasteiger partial charge in [-0.3, -0.25) is 14.9 Å². The van der Waals surface area contributed by atoms with E-state index in [0.717, 1.165) is 19.3 Å². The number of hydrogen-bond acceptors (Lipinski definition) is 6. The molecule has 1 aliphatic carbocycles. The van der Waals surface area contributed by atoms with E-state index >= 15 is 0 Å². The van der Waals surface area contributed by atoms with Gasteiger partial charge in [0.1, 0.15) is 5.75 Å². The van der Waals surface area contributed by atoms with E-state index in [9.17, 15) is 19.5 Å². The Hall–Kier alpha value is -2.41. The Balaban J connectivity index is 1.81. The quantitative estimate of drug-likeness (QED) is 0.784. The van der Waals surface area contributed by atoms with Crippen LogP contribution in [-0.4, -0.2) is 42.2 Å². The number of rotatable bonds is 5. The van der Waals surface area contributed by atoms with E-state index in [-0.39, 0.29) is 5.56 Å². The second-order valence-corrected chi connectivity index (χ2v) is 5.77. The summed E-state index contributed by atoms with van der Waals surface area (Å²) in [5, 5.41) is 12.3. The number of benzene rings is 1. The predicted octanol–water partition coefficient (Wildman–Crippen LogP) is 1.19. The highest BCUT2D eigenvalue weighted by atomic mass is 16.6. The predicted molar refractivity (Wildman–Crippen MR) is 84.5 cm³/mol. The van der Waals surface area contributed by atoms with E-state index in [1.165, 1.54) is 19.2 Å². The molecule has 0 radical (unpaired) electrons. The number of nitrogens with one attached hydrogen (secondary N) is 1. The van der Waals surface area contributed by atoms with Crippen molar-refractivity contribution in [1.82, 2.24) is 5.32 Å². The molecule has 130 valence electrons. The molecule has 7 heteroatoms. The van der Waals surface area contributed by atoms with Gasteiger partial charge in [-0.1, -0.05) is 6.42 Å². The first-order valence-electron chi connectivity index (χ1n) is 7.82. The van der Waals surface area contributed by atoms with Gasteiger partial charge in [-0.2, -0.15) is 0 Å². The van der Waals surface area contributed by atoms with Gasteiger partial charge >= 0.3 is 5.97 Å². The molecule has 2 N–H and O–H groups in total. The van der Waals surface area contributed by atoms with Gasteiger partial charge in [0.15, 0.2) is 12.2 Å². The van der Waals surface area contributed by atoms with Crippen LogP contribution in [0.1, 0.15) is 42.5 Å². The van der Waals surface area contributed by atoms with Crippen molar-refractivity contribution in [3.8, 4) is 5.75 Å². The van der Waals surface area contributed by atoms with Crippen LogP contribution in [-0.2, 0) is 14.3 Å². The first-order valence-corrected chi connectivity index (χ1v) is 7.82. The van der Waals surface area contributed by atoms with Crippen LogP contribution < -0.4 is 10.1 Å². The van der Waals surface area contributed by atoms with Crippen LogP contribution in [0.15, 0.2) is 24.3 Å². The molecule has 1 aliphatic rings. The van der Waals surface area contributed by atoms with Crippen molar-refractivity contribution in [1.29, 1.82) is 0 Å². The molecule has 0 unspecified atom stereocenters. The van der Waals surface area contributed by atoms with Crippen LogP contribution in [0.25, 0.3) is 0 Å². The Bertz CT molecular complexity index is 604. The largest absolute Gasteiger partial charge is 0.497 e. The average molecular weight is 335 g/mol. The van der Waals surface area contributed by atoms with Gasteiger partial charge in [0, 0.05) is 5.56 Å². The minimum atomic E-state index is -1.52. The van der Waals surface area contributed by atoms with E-state index < -0.39 is 30.0 Å². The SMILES string of the molecule is COc1ccc(C(=O)NC(=O)COC(=O)C2(O)CCCCC2)cc1. The summed E-state index contributed by atoms with van der Waals surface area (Å²) in [6, 6.07) is 6.21. The monoisotopic (exact) mass is 335 g/mol. The molecule has 2 rings (SSSR count). The van der Waals surface area contributed by atoms with Crippen LogP contribution in [0.5, 0.6) is 5.75 Å². The number of hydrogen-bond donors (Lipinski definition) is 2. The van der Waals surface area contributed by atoms with Crippen molar-refractivity contribution in [2.45, 2.75) is 37.7 Å². The number of esters is 1. The van der Waals surface area contributed by atoms with E-state index in [1.807, 2.05) is 0 Å². The summed E-state index contributed by atoms with van der Waals surface area (Å²) in [5.74, 6) is -1.57. The van der Waals surface area contributed by atoms with E-state index in [4.69, 9.17) is 9.47 Å². The molecule has 7 nitrogen and oxygen atoms in total. The number of aliphatic hydroxyl groups is 1. The van der Waals surface area contributed by atoms with Crippen molar-refractivity contribution in [3.63, 3.8) is 0 Å². The van der Waals surface area contributed by atoms with Crippen LogP contribution in [0, 0.1) is 0 Å². The lowest BCUT2D eigenvalue weighted by Crippen LogP contribution is -2.43. The Morgan fingerprint density at radius 1 is 1.12 bits per heavy atom. The lowest BCUT2D eigenvalue weighted by Gasteiger charge is -2.29. The summed E-state index contributed by atoms with van der Waals surface area (Å²) < 4.78 is 9.83. The lowest BCUT2D eigenvalue weighted by molar-refractivity contribution is -0.170. The number of amides is 2. The van der Waals surface area contributed by atoms with Gasteiger partial charge in [-0.15, -0.1) is 0 Å². The number of carbonyl (C=O) groups excluding carboxylic acids is 3. The van der Waals surface area contributed by atoms with E-state index in [2.05, 4.69) is 5.32 Å². The summed E-state index contributed by atoms with van der Waals surface area (Å²) in [4.78, 5) is 35.5. The minimum Gasteiger partial charge on any atom is -0.497 e. The summed E-state index contributed by atoms with van der Waals surface area (Å²) in [7, 11) is 1.51. The summed E-state index contributed by atoms with van der Waals surface area (Å²) in [6.07, 6.45) is 3.12. The zero-order valence-electron chi connectivity index (χ0n) is 13.5. The fourth-order valence-corrected chi connectivity index (χ4v) is 2.58. The fourth-order valence-electron chi connectivity index (χ4n) is 2.58. The topological polar surface area (TPSA) is 102 Å². The Kier molecular flexibility index (Phi) is 5.92. The van der Waals surface area contributed by atoms with Crippen LogP contribution in [0.2, 0.25) is 0 Å². The maximum absolute atomic E-state index is 11.9. The van der Waals surface area contributed by atoms with Gasteiger partial charge < -0.3 is 14.6 Å². The van der Waals surface area contributed by atoms with Gasteiger partial charge in [-0.05, 0) is 49.9 Å². The summed E-state index contributed by atoms with van der Waals surface area (Å²) >= 11 is 0. The highest BCUT2D eigenvalue weighted by molar-refractivity contribution is 6.05. The van der Waals surface area contributed by atoms with Gasteiger partial charge in [0.2, 0.25) is 0 Å². The zero-order chi connectivity index (χ0) is 17.6. The fraction of sp³-hybridized carbons (Fsp3) is 0.471. The van der Waals surface area contributed by atoms with Crippen molar-refractivity contribution in [2.24, 2.45) is 0 Å². The third-order valence-electron chi connectivity index (χ3n) is 4.00. The molecule has 1 saturated carbocycles. The third-order valence-corrected chi connectivity index (χ3v) is 4.00. The maximum atomic E-state index is 11.9. The second kappa shape index (κ2) is 7.92. The zero-order valence-corrected chi connectivity index (χ0v) is 13.5. The molecule has 1 aromatic carbocycles. The van der Waals surface area contributed by atoms with Crippen molar-refractivity contribution < 1.29 is 29.0 Å². The molecule has 1 aromatic rings. The Morgan fingerprint density at radius 2 is 1.75 bits per heavy atom. The molecule has 1 fully saturated rings. The summed E-state index contributed by atoms with van der Waals surface area (Å²) in [6.45, 7) is -0.608. The van der Waals surface area contributed by atoms with Gasteiger partial charge in [-0.25, -0.2) is 4.79 Å². The number of ether oxygens (including phenoxy) is 2. The third kappa shape index (κ3) is 4.55. The van der Waals surface area contributed by atoms with Crippen LogP contribution >= 0.6 is 0 Å². The van der Waals surface area contributed by atoms with Gasteiger partial charge in [0.05, 0.1) is 7.11 Å². The highest BCUT2D eigenvalue weighted by Crippen LogP contribution is 2.29. The molecular weight excluding hydrogens is 314 g/mol. The first-order chi connectivity index (χ1) is 11.4. The molecule has 0 aliphatic heterocycles. The second-order valence-electron chi connectivity index (χ2n) is 5.77. The van der Waals surface area contributed by atoms with E-state index in [1.54, 1.807) is 12.1 Å². The van der Waals surface area contributed by atoms with Gasteiger partial charge in [0.25, 0.3) is 11.8 Å². The standard InChI is InChI=1S/C17H21NO6/c1-23-13-7-5-12(6-8-13)15(20)18-14(19)11-24-16(21)17(22)9-3-2-4-10-17/h5-8,22H,2-4,9-11H2,1H3,(H,18,19,20). The Morgan fingerprint density at radius 3 is 2.33 bits per heavy atom. The highest BCUT2D eigenvalue weighted by Gasteiger charge is 2.38. The van der Waals surface area contributed by atoms with E-state index in [0.29, 0.717) is 18.6 Å². The molecule has 0 saturated heterocycles. The molecule has 0 heterocycles. The smallest absolute Gasteiger partial charge is 0.338 e. The minimum absolute atomic E-state index is 0.279. The maximum Gasteiger partial charge on any atom is 0.338 e. The van der Waals surface area contributed by atoms with Crippen LogP contribution in [0.4, 0.5) is 0 Å². The number of carbonyl (C=O) groups is 3. The number of imide groups is 1. The molecule has 2 amide bonds. The molecule has 24 heavy (non-hydrogen) atoms. The number of methoxy groups -OCH3 is 1. The van der Waals surface area contributed by atoms with Crippen molar-refractivity contribution in [2.75, 3.05) is 13.7 Å². The van der Waals surface area contributed by atoms with Crippen molar-refractivity contribution >= 4 is 17.8 Å². The van der Waals surface area contributed by atoms with Crippen molar-refractivity contribution in [3.05, 3.63) is 29.8 Å². The average Bonchev–Trinajstić information content (AvgIpc) is 2.60. The molecule has 0 atom stereocenters. The molecule has 0 bridgehead atoms. The molecular formula is C17H21NO6. The summed E-state index contributed by atoms with van der Waals surface area (Å²) in [5.41, 5.74) is -1.24. The molecule has 0 aromatic heterocycles. The first kappa shape index (κ1) is 17.9. The molecule has 0 spiro atoms. The Labute approximate surface area is 139 Å².